The first kappa shape index (κ1) is 12.3. The lowest BCUT2D eigenvalue weighted by molar-refractivity contribution is 0.414. The Bertz CT molecular complexity index is 554. The molecule has 2 N–H and O–H groups in total. The van der Waals surface area contributed by atoms with Crippen LogP contribution in [0.1, 0.15) is 25.3 Å². The summed E-state index contributed by atoms with van der Waals surface area (Å²) in [7, 11) is 1.61. The Balaban J connectivity index is 2.67. The van der Waals surface area contributed by atoms with Gasteiger partial charge in [-0.05, 0) is 18.1 Å². The van der Waals surface area contributed by atoms with Gasteiger partial charge in [0.15, 0.2) is 0 Å². The van der Waals surface area contributed by atoms with E-state index in [1.54, 1.807) is 13.3 Å². The zero-order valence-electron chi connectivity index (χ0n) is 10.7. The largest absolute Gasteiger partial charge is 0.494 e. The van der Waals surface area contributed by atoms with Gasteiger partial charge in [0.25, 0.3) is 0 Å². The molecule has 2 aromatic heterocycles. The third-order valence-corrected chi connectivity index (χ3v) is 2.71. The zero-order chi connectivity index (χ0) is 13.1. The van der Waals surface area contributed by atoms with Crippen LogP contribution < -0.4 is 10.5 Å². The van der Waals surface area contributed by atoms with Crippen LogP contribution >= 0.6 is 0 Å². The molecule has 2 aromatic rings. The average Bonchev–Trinajstić information content (AvgIpc) is 2.38. The maximum Gasteiger partial charge on any atom is 0.146 e. The second-order valence-electron chi connectivity index (χ2n) is 4.23. The minimum Gasteiger partial charge on any atom is -0.494 e. The van der Waals surface area contributed by atoms with Gasteiger partial charge in [-0.15, -0.1) is 0 Å². The van der Waals surface area contributed by atoms with Gasteiger partial charge in [-0.1, -0.05) is 13.8 Å². The van der Waals surface area contributed by atoms with Crippen molar-refractivity contribution in [3.8, 4) is 17.1 Å². The van der Waals surface area contributed by atoms with Crippen LogP contribution in [0.2, 0.25) is 0 Å². The van der Waals surface area contributed by atoms with E-state index < -0.39 is 0 Å². The number of anilines is 1. The van der Waals surface area contributed by atoms with Crippen molar-refractivity contribution in [2.75, 3.05) is 12.8 Å². The number of nitrogen functional groups attached to an aromatic ring is 1. The molecule has 0 saturated carbocycles. The summed E-state index contributed by atoms with van der Waals surface area (Å²) >= 11 is 0. The van der Waals surface area contributed by atoms with Crippen LogP contribution in [-0.4, -0.2) is 22.1 Å². The third-order valence-electron chi connectivity index (χ3n) is 2.71. The predicted octanol–water partition coefficient (Wildman–Crippen LogP) is 2.25. The third kappa shape index (κ3) is 2.11. The molecule has 0 aromatic carbocycles. The molecule has 2 rings (SSSR count). The molecular formula is C13H16N4O. The highest BCUT2D eigenvalue weighted by Gasteiger charge is 2.18. The number of pyridine rings is 1. The molecule has 5 heteroatoms. The number of rotatable bonds is 3. The molecule has 0 fully saturated rings. The number of methoxy groups -OCH3 is 1. The Morgan fingerprint density at radius 1 is 1.17 bits per heavy atom. The summed E-state index contributed by atoms with van der Waals surface area (Å²) in [5.41, 5.74) is 8.25. The van der Waals surface area contributed by atoms with Crippen molar-refractivity contribution in [2.24, 2.45) is 0 Å². The zero-order valence-corrected chi connectivity index (χ0v) is 10.7. The van der Waals surface area contributed by atoms with Crippen LogP contribution in [-0.2, 0) is 0 Å². The first-order chi connectivity index (χ1) is 8.65. The Labute approximate surface area is 106 Å². The number of hydrogen-bond donors (Lipinski definition) is 1. The van der Waals surface area contributed by atoms with Crippen molar-refractivity contribution < 1.29 is 4.74 Å². The number of hydrogen-bond acceptors (Lipinski definition) is 5. The molecule has 18 heavy (non-hydrogen) atoms. The fourth-order valence-corrected chi connectivity index (χ4v) is 1.90. The van der Waals surface area contributed by atoms with Gasteiger partial charge in [0.1, 0.15) is 29.3 Å². The molecule has 0 aliphatic carbocycles. The van der Waals surface area contributed by atoms with E-state index >= 15 is 0 Å². The summed E-state index contributed by atoms with van der Waals surface area (Å²) in [6.45, 7) is 4.10. The van der Waals surface area contributed by atoms with E-state index in [1.165, 1.54) is 6.33 Å². The lowest BCUT2D eigenvalue weighted by Crippen LogP contribution is -2.05. The highest BCUT2D eigenvalue weighted by atomic mass is 16.5. The Hall–Kier alpha value is -2.17. The summed E-state index contributed by atoms with van der Waals surface area (Å²) in [4.78, 5) is 12.7. The molecule has 2 heterocycles. The minimum atomic E-state index is 0.216. The Morgan fingerprint density at radius 2 is 1.94 bits per heavy atom. The molecule has 0 unspecified atom stereocenters. The summed E-state index contributed by atoms with van der Waals surface area (Å²) in [5.74, 6) is 1.38. The van der Waals surface area contributed by atoms with Crippen molar-refractivity contribution >= 4 is 5.82 Å². The smallest absolute Gasteiger partial charge is 0.146 e. The van der Waals surface area contributed by atoms with Crippen LogP contribution in [0.3, 0.4) is 0 Å². The molecule has 94 valence electrons. The van der Waals surface area contributed by atoms with E-state index in [0.29, 0.717) is 17.3 Å². The predicted molar refractivity (Wildman–Crippen MR) is 70.3 cm³/mol. The van der Waals surface area contributed by atoms with E-state index in [-0.39, 0.29) is 5.92 Å². The fourth-order valence-electron chi connectivity index (χ4n) is 1.90. The van der Waals surface area contributed by atoms with Crippen LogP contribution in [0.15, 0.2) is 24.7 Å². The van der Waals surface area contributed by atoms with Gasteiger partial charge in [-0.25, -0.2) is 9.97 Å². The molecule has 0 bridgehead atoms. The summed E-state index contributed by atoms with van der Waals surface area (Å²) in [5, 5.41) is 0. The van der Waals surface area contributed by atoms with E-state index in [2.05, 4.69) is 15.0 Å². The van der Waals surface area contributed by atoms with E-state index in [9.17, 15) is 0 Å². The monoisotopic (exact) mass is 244 g/mol. The summed E-state index contributed by atoms with van der Waals surface area (Å²) < 4.78 is 5.31. The SMILES string of the molecule is COc1cccnc1-c1ncnc(N)c1C(C)C. The highest BCUT2D eigenvalue weighted by molar-refractivity contribution is 5.70. The lowest BCUT2D eigenvalue weighted by atomic mass is 9.99. The molecule has 0 saturated heterocycles. The van der Waals surface area contributed by atoms with Crippen molar-refractivity contribution in [3.63, 3.8) is 0 Å². The molecule has 0 spiro atoms. The minimum absolute atomic E-state index is 0.216. The molecule has 0 aliphatic rings. The van der Waals surface area contributed by atoms with Crippen molar-refractivity contribution in [3.05, 3.63) is 30.2 Å². The Kier molecular flexibility index (Phi) is 3.41. The standard InChI is InChI=1S/C13H16N4O/c1-8(2)10-12(16-7-17-13(10)14)11-9(18-3)5-4-6-15-11/h4-8H,1-3H3,(H2,14,16,17). The second kappa shape index (κ2) is 5.00. The number of aromatic nitrogens is 3. The molecule has 0 amide bonds. The quantitative estimate of drug-likeness (QED) is 0.896. The molecule has 5 nitrogen and oxygen atoms in total. The van der Waals surface area contributed by atoms with Crippen LogP contribution in [0.25, 0.3) is 11.4 Å². The van der Waals surface area contributed by atoms with Gasteiger partial charge in [-0.2, -0.15) is 0 Å². The molecule has 0 atom stereocenters. The van der Waals surface area contributed by atoms with Crippen LogP contribution in [0.4, 0.5) is 5.82 Å². The van der Waals surface area contributed by atoms with Gasteiger partial charge >= 0.3 is 0 Å². The van der Waals surface area contributed by atoms with E-state index in [0.717, 1.165) is 11.3 Å². The van der Waals surface area contributed by atoms with Gasteiger partial charge in [0, 0.05) is 11.8 Å². The molecule has 0 aliphatic heterocycles. The molecular weight excluding hydrogens is 228 g/mol. The summed E-state index contributed by atoms with van der Waals surface area (Å²) in [6.07, 6.45) is 3.16. The number of nitrogens with zero attached hydrogens (tertiary/aromatic N) is 3. The lowest BCUT2D eigenvalue weighted by Gasteiger charge is -2.14. The molecule has 0 radical (unpaired) electrons. The maximum atomic E-state index is 5.93. The van der Waals surface area contributed by atoms with Crippen LogP contribution in [0.5, 0.6) is 5.75 Å². The van der Waals surface area contributed by atoms with Gasteiger partial charge in [0.05, 0.1) is 7.11 Å². The van der Waals surface area contributed by atoms with Gasteiger partial charge in [0.2, 0.25) is 0 Å². The summed E-state index contributed by atoms with van der Waals surface area (Å²) in [6, 6.07) is 3.67. The Morgan fingerprint density at radius 3 is 2.61 bits per heavy atom. The van der Waals surface area contributed by atoms with Crippen molar-refractivity contribution in [1.82, 2.24) is 15.0 Å². The van der Waals surface area contributed by atoms with Crippen molar-refractivity contribution in [2.45, 2.75) is 19.8 Å². The second-order valence-corrected chi connectivity index (χ2v) is 4.23. The number of nitrogens with two attached hydrogens (primary N) is 1. The number of ether oxygens (including phenoxy) is 1. The van der Waals surface area contributed by atoms with Gasteiger partial charge in [-0.3, -0.25) is 4.98 Å². The first-order valence-corrected chi connectivity index (χ1v) is 5.75. The fraction of sp³-hybridized carbons (Fsp3) is 0.308. The van der Waals surface area contributed by atoms with Gasteiger partial charge < -0.3 is 10.5 Å². The van der Waals surface area contributed by atoms with Crippen molar-refractivity contribution in [1.29, 1.82) is 0 Å². The normalized spacial score (nSPS) is 10.7. The van der Waals surface area contributed by atoms with E-state index in [4.69, 9.17) is 10.5 Å². The topological polar surface area (TPSA) is 73.9 Å². The maximum absolute atomic E-state index is 5.93. The highest BCUT2D eigenvalue weighted by Crippen LogP contribution is 2.33. The van der Waals surface area contributed by atoms with Crippen LogP contribution in [0, 0.1) is 0 Å². The van der Waals surface area contributed by atoms with E-state index in [1.807, 2.05) is 26.0 Å². The first-order valence-electron chi connectivity index (χ1n) is 5.75. The average molecular weight is 244 g/mol.